The molecule has 1 aliphatic heterocycles. The highest BCUT2D eigenvalue weighted by Crippen LogP contribution is 2.35. The summed E-state index contributed by atoms with van der Waals surface area (Å²) in [5.74, 6) is 0.292. The third kappa shape index (κ3) is 6.05. The molecule has 0 unspecified atom stereocenters. The first-order valence-electron chi connectivity index (χ1n) is 13.4. The van der Waals surface area contributed by atoms with Crippen molar-refractivity contribution in [1.82, 2.24) is 4.57 Å². The number of fused-ring (bicyclic) bond motifs is 1. The van der Waals surface area contributed by atoms with Crippen LogP contribution in [0.1, 0.15) is 43.0 Å². The quantitative estimate of drug-likeness (QED) is 0.170. The number of hydrogen-bond donors (Lipinski definition) is 0. The molecule has 42 heavy (non-hydrogen) atoms. The molecule has 0 saturated carbocycles. The Morgan fingerprint density at radius 1 is 1.10 bits per heavy atom. The van der Waals surface area contributed by atoms with E-state index in [0.29, 0.717) is 45.1 Å². The van der Waals surface area contributed by atoms with Crippen LogP contribution in [0.5, 0.6) is 11.5 Å². The van der Waals surface area contributed by atoms with Gasteiger partial charge in [0, 0.05) is 0 Å². The lowest BCUT2D eigenvalue weighted by atomic mass is 9.95. The van der Waals surface area contributed by atoms with Crippen LogP contribution in [0, 0.1) is 9.39 Å². The van der Waals surface area contributed by atoms with E-state index in [-0.39, 0.29) is 18.0 Å². The number of benzene rings is 3. The Hall–Kier alpha value is -3.77. The third-order valence-electron chi connectivity index (χ3n) is 6.69. The first-order chi connectivity index (χ1) is 20.3. The van der Waals surface area contributed by atoms with Crippen molar-refractivity contribution in [3.05, 3.63) is 124 Å². The largest absolute Gasteiger partial charge is 0.490 e. The van der Waals surface area contributed by atoms with Gasteiger partial charge in [0.05, 0.1) is 39.1 Å². The number of esters is 1. The smallest absolute Gasteiger partial charge is 0.338 e. The van der Waals surface area contributed by atoms with Gasteiger partial charge in [-0.3, -0.25) is 9.36 Å². The van der Waals surface area contributed by atoms with E-state index >= 15 is 0 Å². The Balaban J connectivity index is 1.59. The summed E-state index contributed by atoms with van der Waals surface area (Å²) in [4.78, 5) is 32.1. The minimum atomic E-state index is -0.659. The molecule has 10 heteroatoms. The molecule has 0 fully saturated rings. The molecule has 3 aromatic carbocycles. The first-order valence-corrected chi connectivity index (χ1v) is 15.3. The van der Waals surface area contributed by atoms with E-state index in [1.807, 2.05) is 56.3 Å². The molecule has 5 rings (SSSR count). The average Bonchev–Trinajstić information content (AvgIpc) is 3.30. The van der Waals surface area contributed by atoms with Gasteiger partial charge in [0.2, 0.25) is 0 Å². The predicted octanol–water partition coefficient (Wildman–Crippen LogP) is 5.52. The zero-order valence-corrected chi connectivity index (χ0v) is 26.2. The van der Waals surface area contributed by atoms with Gasteiger partial charge in [-0.05, 0) is 83.0 Å². The molecular formula is C32H28FIN2O5S. The monoisotopic (exact) mass is 698 g/mol. The minimum absolute atomic E-state index is 0.246. The highest BCUT2D eigenvalue weighted by atomic mass is 127. The summed E-state index contributed by atoms with van der Waals surface area (Å²) < 4.78 is 33.2. The second-order valence-corrected chi connectivity index (χ2v) is 11.5. The van der Waals surface area contributed by atoms with Crippen LogP contribution in [0.15, 0.2) is 87.8 Å². The molecule has 0 aliphatic carbocycles. The Kier molecular flexibility index (Phi) is 9.22. The summed E-state index contributed by atoms with van der Waals surface area (Å²) in [5.41, 5.74) is 3.07. The molecule has 0 radical (unpaired) electrons. The molecule has 7 nitrogen and oxygen atoms in total. The number of rotatable bonds is 9. The van der Waals surface area contributed by atoms with Crippen LogP contribution in [0.3, 0.4) is 0 Å². The second-order valence-electron chi connectivity index (χ2n) is 9.38. The lowest BCUT2D eigenvalue weighted by molar-refractivity contribution is -0.136. The van der Waals surface area contributed by atoms with Gasteiger partial charge in [-0.25, -0.2) is 14.2 Å². The maximum absolute atomic E-state index is 13.9. The van der Waals surface area contributed by atoms with E-state index in [9.17, 15) is 14.0 Å². The molecule has 0 saturated heterocycles. The molecule has 4 aromatic rings. The van der Waals surface area contributed by atoms with Crippen molar-refractivity contribution in [3.8, 4) is 11.5 Å². The van der Waals surface area contributed by atoms with Crippen molar-refractivity contribution in [3.63, 3.8) is 0 Å². The van der Waals surface area contributed by atoms with Gasteiger partial charge in [-0.1, -0.05) is 60.7 Å². The van der Waals surface area contributed by atoms with Gasteiger partial charge in [0.15, 0.2) is 16.3 Å². The van der Waals surface area contributed by atoms with Crippen molar-refractivity contribution < 1.29 is 23.4 Å². The lowest BCUT2D eigenvalue weighted by Crippen LogP contribution is -2.40. The summed E-state index contributed by atoms with van der Waals surface area (Å²) in [7, 11) is 1.33. The van der Waals surface area contributed by atoms with Crippen molar-refractivity contribution in [1.29, 1.82) is 0 Å². The fraction of sp³-hybridized carbons (Fsp3) is 0.219. The van der Waals surface area contributed by atoms with Gasteiger partial charge < -0.3 is 14.2 Å². The van der Waals surface area contributed by atoms with Crippen LogP contribution in [-0.4, -0.2) is 24.3 Å². The fourth-order valence-corrected chi connectivity index (χ4v) is 6.58. The molecule has 1 aromatic heterocycles. The molecule has 0 spiro atoms. The number of allylic oxidation sites excluding steroid dienone is 1. The van der Waals surface area contributed by atoms with Gasteiger partial charge in [0.25, 0.3) is 5.56 Å². The lowest BCUT2D eigenvalue weighted by Gasteiger charge is -2.25. The summed E-state index contributed by atoms with van der Waals surface area (Å²) >= 11 is 3.45. The van der Waals surface area contributed by atoms with Crippen LogP contribution < -0.4 is 24.4 Å². The third-order valence-corrected chi connectivity index (χ3v) is 8.48. The molecular weight excluding hydrogens is 670 g/mol. The molecule has 216 valence electrons. The molecule has 0 amide bonds. The number of carbonyl (C=O) groups is 1. The SMILES string of the molecule is CCOc1cc(/C=c2\sc3n(c2=O)[C@H](c2ccccc2)C(C(=O)OC)=C(CC)N=3)cc(I)c1OCc1ccc(F)cc1. The number of aromatic nitrogens is 1. The number of ether oxygens (including phenoxy) is 3. The predicted molar refractivity (Wildman–Crippen MR) is 168 cm³/mol. The van der Waals surface area contributed by atoms with E-state index in [4.69, 9.17) is 19.2 Å². The molecule has 0 N–H and O–H groups in total. The van der Waals surface area contributed by atoms with Crippen LogP contribution in [-0.2, 0) is 16.1 Å². The number of thiazole rings is 1. The van der Waals surface area contributed by atoms with E-state index in [1.165, 1.54) is 30.6 Å². The van der Waals surface area contributed by atoms with E-state index in [2.05, 4.69) is 22.6 Å². The van der Waals surface area contributed by atoms with Crippen molar-refractivity contribution in [2.75, 3.05) is 13.7 Å². The normalized spacial score (nSPS) is 14.8. The van der Waals surface area contributed by atoms with Crippen molar-refractivity contribution in [2.45, 2.75) is 32.9 Å². The Bertz CT molecular complexity index is 1830. The second kappa shape index (κ2) is 13.0. The summed E-state index contributed by atoms with van der Waals surface area (Å²) in [6.45, 7) is 4.47. The van der Waals surface area contributed by atoms with Gasteiger partial charge in [0.1, 0.15) is 12.4 Å². The van der Waals surface area contributed by atoms with Gasteiger partial charge in [-0.2, -0.15) is 0 Å². The maximum atomic E-state index is 13.9. The Morgan fingerprint density at radius 2 is 1.83 bits per heavy atom. The van der Waals surface area contributed by atoms with Crippen LogP contribution in [0.25, 0.3) is 6.08 Å². The first kappa shape index (κ1) is 29.7. The van der Waals surface area contributed by atoms with Crippen LogP contribution in [0.2, 0.25) is 0 Å². The van der Waals surface area contributed by atoms with E-state index in [1.54, 1.807) is 22.8 Å². The van der Waals surface area contributed by atoms with E-state index < -0.39 is 12.0 Å². The zero-order valence-electron chi connectivity index (χ0n) is 23.2. The molecule has 1 aliphatic rings. The standard InChI is InChI=1S/C32H28FIN2O5S/c1-4-24-27(31(38)39-3)28(21-9-7-6-8-10-21)36-30(37)26(42-32(36)35-24)17-20-15-23(34)29(25(16-20)40-5-2)41-18-19-11-13-22(33)14-12-19/h6-17,28H,4-5,18H2,1-3H3/b26-17-/t28-/m1/s1. The summed E-state index contributed by atoms with van der Waals surface area (Å²) in [5, 5.41) is 0. The molecule has 0 bridgehead atoms. The topological polar surface area (TPSA) is 79.1 Å². The number of carbonyl (C=O) groups excluding carboxylic acids is 1. The fourth-order valence-electron chi connectivity index (χ4n) is 4.78. The zero-order chi connectivity index (χ0) is 29.8. The molecule has 2 heterocycles. The number of halogens is 2. The summed E-state index contributed by atoms with van der Waals surface area (Å²) in [6.07, 6.45) is 2.31. The maximum Gasteiger partial charge on any atom is 0.338 e. The average molecular weight is 699 g/mol. The highest BCUT2D eigenvalue weighted by molar-refractivity contribution is 14.1. The van der Waals surface area contributed by atoms with Gasteiger partial charge in [-0.15, -0.1) is 0 Å². The minimum Gasteiger partial charge on any atom is -0.490 e. The van der Waals surface area contributed by atoms with E-state index in [0.717, 1.165) is 20.3 Å². The number of nitrogens with zero attached hydrogens (tertiary/aromatic N) is 2. The summed E-state index contributed by atoms with van der Waals surface area (Å²) in [6, 6.07) is 18.7. The van der Waals surface area contributed by atoms with Crippen LogP contribution >= 0.6 is 33.9 Å². The number of methoxy groups -OCH3 is 1. The Morgan fingerprint density at radius 3 is 2.50 bits per heavy atom. The van der Waals surface area contributed by atoms with Gasteiger partial charge >= 0.3 is 5.97 Å². The Labute approximate surface area is 259 Å². The van der Waals surface area contributed by atoms with Crippen LogP contribution in [0.4, 0.5) is 4.39 Å². The van der Waals surface area contributed by atoms with Crippen molar-refractivity contribution in [2.24, 2.45) is 4.99 Å². The number of hydrogen-bond acceptors (Lipinski definition) is 7. The van der Waals surface area contributed by atoms with Crippen molar-refractivity contribution >= 4 is 46.0 Å². The molecule has 1 atom stereocenters. The highest BCUT2D eigenvalue weighted by Gasteiger charge is 2.33.